The van der Waals surface area contributed by atoms with Crippen LogP contribution in [-0.4, -0.2) is 42.1 Å². The van der Waals surface area contributed by atoms with Crippen LogP contribution in [0.1, 0.15) is 19.8 Å². The van der Waals surface area contributed by atoms with Crippen LogP contribution < -0.4 is 4.90 Å². The van der Waals surface area contributed by atoms with E-state index in [9.17, 15) is 13.2 Å². The lowest BCUT2D eigenvalue weighted by atomic mass is 10.4. The molecule has 0 spiro atoms. The van der Waals surface area contributed by atoms with E-state index in [1.165, 1.54) is 42.2 Å². The molecule has 1 aromatic heterocycles. The average Bonchev–Trinajstić information content (AvgIpc) is 3.26. The molecule has 1 amide bonds. The van der Waals surface area contributed by atoms with Crippen LogP contribution in [-0.2, 0) is 14.6 Å². The summed E-state index contributed by atoms with van der Waals surface area (Å²) in [5.74, 6) is 0.316. The predicted octanol–water partition coefficient (Wildman–Crippen LogP) is 3.27. The third-order valence-corrected chi connectivity index (χ3v) is 7.90. The molecular formula is C15H16ClN3O3S3. The van der Waals surface area contributed by atoms with Gasteiger partial charge in [0.1, 0.15) is 0 Å². The van der Waals surface area contributed by atoms with Crippen LogP contribution in [0.25, 0.3) is 0 Å². The third kappa shape index (κ3) is 4.72. The monoisotopic (exact) mass is 417 g/mol. The van der Waals surface area contributed by atoms with Crippen LogP contribution in [0.5, 0.6) is 0 Å². The Morgan fingerprint density at radius 2 is 2.00 bits per heavy atom. The molecule has 1 fully saturated rings. The number of halogens is 1. The fourth-order valence-corrected chi connectivity index (χ4v) is 6.04. The van der Waals surface area contributed by atoms with Gasteiger partial charge in [0.05, 0.1) is 10.6 Å². The molecule has 1 saturated carbocycles. The highest BCUT2D eigenvalue weighted by Crippen LogP contribution is 2.35. The van der Waals surface area contributed by atoms with E-state index in [4.69, 9.17) is 11.6 Å². The van der Waals surface area contributed by atoms with Crippen molar-refractivity contribution < 1.29 is 13.2 Å². The van der Waals surface area contributed by atoms with Gasteiger partial charge >= 0.3 is 0 Å². The van der Waals surface area contributed by atoms with Gasteiger partial charge in [0.15, 0.2) is 14.2 Å². The van der Waals surface area contributed by atoms with Crippen molar-refractivity contribution in [2.75, 3.05) is 16.4 Å². The second-order valence-electron chi connectivity index (χ2n) is 5.59. The molecule has 3 rings (SSSR count). The number of benzene rings is 1. The van der Waals surface area contributed by atoms with Crippen LogP contribution in [0.3, 0.4) is 0 Å². The highest BCUT2D eigenvalue weighted by molar-refractivity contribution is 8.02. The first kappa shape index (κ1) is 18.6. The predicted molar refractivity (Wildman–Crippen MR) is 100 cm³/mol. The number of sulfone groups is 1. The van der Waals surface area contributed by atoms with Gasteiger partial charge in [-0.1, -0.05) is 34.7 Å². The maximum atomic E-state index is 12.3. The normalized spacial score (nSPS) is 14.5. The molecule has 0 N–H and O–H groups in total. The third-order valence-electron chi connectivity index (χ3n) is 3.60. The zero-order chi connectivity index (χ0) is 18.0. The van der Waals surface area contributed by atoms with Gasteiger partial charge in [0, 0.05) is 23.7 Å². The summed E-state index contributed by atoms with van der Waals surface area (Å²) in [6.07, 6.45) is 1.97. The Morgan fingerprint density at radius 1 is 1.32 bits per heavy atom. The van der Waals surface area contributed by atoms with Crippen molar-refractivity contribution in [3.8, 4) is 0 Å². The lowest BCUT2D eigenvalue weighted by Crippen LogP contribution is -2.30. The zero-order valence-corrected chi connectivity index (χ0v) is 16.6. The first-order valence-corrected chi connectivity index (χ1v) is 11.4. The van der Waals surface area contributed by atoms with Crippen molar-refractivity contribution in [3.05, 3.63) is 29.3 Å². The van der Waals surface area contributed by atoms with E-state index < -0.39 is 9.84 Å². The second-order valence-corrected chi connectivity index (χ2v) is 10.4. The van der Waals surface area contributed by atoms with Crippen molar-refractivity contribution in [1.82, 2.24) is 10.2 Å². The number of rotatable bonds is 7. The van der Waals surface area contributed by atoms with Crippen LogP contribution in [0, 0.1) is 0 Å². The zero-order valence-electron chi connectivity index (χ0n) is 13.4. The van der Waals surface area contributed by atoms with Gasteiger partial charge in [-0.15, -0.1) is 10.2 Å². The number of hydrogen-bond donors (Lipinski definition) is 0. The Bertz CT molecular complexity index is 864. The highest BCUT2D eigenvalue weighted by Gasteiger charge is 2.34. The van der Waals surface area contributed by atoms with Crippen LogP contribution in [0.15, 0.2) is 33.5 Å². The fourth-order valence-electron chi connectivity index (χ4n) is 2.24. The molecule has 0 atom stereocenters. The van der Waals surface area contributed by atoms with Gasteiger partial charge in [0.2, 0.25) is 11.0 Å². The number of carbonyl (C=O) groups excluding carboxylic acids is 1. The highest BCUT2D eigenvalue weighted by atomic mass is 35.5. The number of aromatic nitrogens is 2. The van der Waals surface area contributed by atoms with Gasteiger partial charge < -0.3 is 0 Å². The summed E-state index contributed by atoms with van der Waals surface area (Å²) in [4.78, 5) is 13.7. The Labute approximate surface area is 159 Å². The Morgan fingerprint density at radius 3 is 2.60 bits per heavy atom. The first-order chi connectivity index (χ1) is 11.9. The molecule has 0 unspecified atom stereocenters. The summed E-state index contributed by atoms with van der Waals surface area (Å²) in [7, 11) is -3.36. The van der Waals surface area contributed by atoms with E-state index >= 15 is 0 Å². The number of amides is 1. The maximum absolute atomic E-state index is 12.3. The molecule has 1 heterocycles. The molecule has 134 valence electrons. The number of hydrogen-bond acceptors (Lipinski definition) is 7. The van der Waals surface area contributed by atoms with E-state index in [0.29, 0.717) is 20.2 Å². The molecule has 2 aromatic rings. The van der Waals surface area contributed by atoms with E-state index in [2.05, 4.69) is 10.2 Å². The van der Waals surface area contributed by atoms with E-state index in [-0.39, 0.29) is 22.6 Å². The van der Waals surface area contributed by atoms with E-state index in [1.807, 2.05) is 0 Å². The summed E-state index contributed by atoms with van der Waals surface area (Å²) >= 11 is 8.43. The number of anilines is 1. The standard InChI is InChI=1S/C15H16ClN3O3S3/c1-10(20)19(12-4-5-12)14-17-18-15(24-14)23-8-9-25(21,22)13-6-2-11(16)3-7-13/h2-3,6-7,12H,4-5,8-9H2,1H3. The van der Waals surface area contributed by atoms with Crippen molar-refractivity contribution in [2.45, 2.75) is 35.0 Å². The van der Waals surface area contributed by atoms with Crippen LogP contribution in [0.2, 0.25) is 5.02 Å². The maximum Gasteiger partial charge on any atom is 0.225 e. The quantitative estimate of drug-likeness (QED) is 0.508. The summed E-state index contributed by atoms with van der Waals surface area (Å²) in [5.41, 5.74) is 0. The molecule has 10 heteroatoms. The molecule has 25 heavy (non-hydrogen) atoms. The van der Waals surface area contributed by atoms with Crippen molar-refractivity contribution in [1.29, 1.82) is 0 Å². The summed E-state index contributed by atoms with van der Waals surface area (Å²) in [5, 5.41) is 9.21. The van der Waals surface area contributed by atoms with E-state index in [0.717, 1.165) is 12.8 Å². The largest absolute Gasteiger partial charge is 0.284 e. The molecule has 0 bridgehead atoms. The minimum Gasteiger partial charge on any atom is -0.284 e. The Balaban J connectivity index is 1.59. The lowest BCUT2D eigenvalue weighted by molar-refractivity contribution is -0.116. The smallest absolute Gasteiger partial charge is 0.225 e. The molecule has 1 aliphatic rings. The average molecular weight is 418 g/mol. The molecular weight excluding hydrogens is 402 g/mol. The Hall–Kier alpha value is -1.16. The molecule has 1 aliphatic carbocycles. The molecule has 6 nitrogen and oxygen atoms in total. The summed E-state index contributed by atoms with van der Waals surface area (Å²) < 4.78 is 25.2. The van der Waals surface area contributed by atoms with Gasteiger partial charge in [-0.25, -0.2) is 8.42 Å². The Kier molecular flexibility index (Phi) is 5.67. The minimum atomic E-state index is -3.36. The fraction of sp³-hybridized carbons (Fsp3) is 0.400. The van der Waals surface area contributed by atoms with Crippen molar-refractivity contribution in [3.63, 3.8) is 0 Å². The van der Waals surface area contributed by atoms with Crippen LogP contribution >= 0.6 is 34.7 Å². The topological polar surface area (TPSA) is 80.2 Å². The molecule has 0 radical (unpaired) electrons. The number of carbonyl (C=O) groups is 1. The van der Waals surface area contributed by atoms with E-state index in [1.54, 1.807) is 17.0 Å². The van der Waals surface area contributed by atoms with Crippen LogP contribution in [0.4, 0.5) is 5.13 Å². The van der Waals surface area contributed by atoms with Gasteiger partial charge in [0.25, 0.3) is 0 Å². The minimum absolute atomic E-state index is 0.00669. The number of thioether (sulfide) groups is 1. The lowest BCUT2D eigenvalue weighted by Gasteiger charge is -2.15. The molecule has 1 aromatic carbocycles. The second kappa shape index (κ2) is 7.61. The SMILES string of the molecule is CC(=O)N(c1nnc(SCCS(=O)(=O)c2ccc(Cl)cc2)s1)C1CC1. The summed E-state index contributed by atoms with van der Waals surface area (Å²) in [6.45, 7) is 1.52. The molecule has 0 aliphatic heterocycles. The van der Waals surface area contributed by atoms with Crippen molar-refractivity contribution >= 4 is 55.6 Å². The number of nitrogens with zero attached hydrogens (tertiary/aromatic N) is 3. The van der Waals surface area contributed by atoms with Gasteiger partial charge in [-0.3, -0.25) is 9.69 Å². The summed E-state index contributed by atoms with van der Waals surface area (Å²) in [6, 6.07) is 6.37. The van der Waals surface area contributed by atoms with Gasteiger partial charge in [-0.05, 0) is 37.1 Å². The first-order valence-electron chi connectivity index (χ1n) is 7.61. The van der Waals surface area contributed by atoms with Crippen molar-refractivity contribution in [2.24, 2.45) is 0 Å². The van der Waals surface area contributed by atoms with Gasteiger partial charge in [-0.2, -0.15) is 0 Å². The molecule has 0 saturated heterocycles.